The van der Waals surface area contributed by atoms with Crippen LogP contribution in [0.25, 0.3) is 10.9 Å². The van der Waals surface area contributed by atoms with Gasteiger partial charge in [0, 0.05) is 29.7 Å². The third-order valence-electron chi connectivity index (χ3n) is 3.16. The maximum absolute atomic E-state index is 11.4. The average molecular weight is 282 g/mol. The number of hydrogen-bond acceptors (Lipinski definition) is 5. The van der Waals surface area contributed by atoms with Gasteiger partial charge in [-0.25, -0.2) is 5.43 Å². The number of benzene rings is 1. The zero-order valence-corrected chi connectivity index (χ0v) is 11.7. The van der Waals surface area contributed by atoms with Gasteiger partial charge in [-0.15, -0.1) is 10.2 Å². The quantitative estimate of drug-likeness (QED) is 0.561. The molecule has 0 fully saturated rings. The van der Waals surface area contributed by atoms with E-state index in [0.717, 1.165) is 16.5 Å². The Labute approximate surface area is 120 Å². The second-order valence-corrected chi connectivity index (χ2v) is 4.67. The van der Waals surface area contributed by atoms with Gasteiger partial charge in [-0.1, -0.05) is 18.2 Å². The molecule has 2 N–H and O–H groups in total. The van der Waals surface area contributed by atoms with Crippen LogP contribution in [0.4, 0.5) is 5.95 Å². The fourth-order valence-electron chi connectivity index (χ4n) is 2.08. The highest BCUT2D eigenvalue weighted by molar-refractivity contribution is 5.99. The first kappa shape index (κ1) is 13.0. The van der Waals surface area contributed by atoms with Crippen molar-refractivity contribution in [1.82, 2.24) is 19.7 Å². The highest BCUT2D eigenvalue weighted by Gasteiger charge is 2.03. The number of hydrogen-bond donors (Lipinski definition) is 2. The monoisotopic (exact) mass is 282 g/mol. The van der Waals surface area contributed by atoms with E-state index in [1.54, 1.807) is 13.1 Å². The van der Waals surface area contributed by atoms with E-state index in [1.165, 1.54) is 0 Å². The van der Waals surface area contributed by atoms with E-state index in [9.17, 15) is 4.79 Å². The predicted octanol–water partition coefficient (Wildman–Crippen LogP) is 1.41. The lowest BCUT2D eigenvalue weighted by atomic mass is 10.2. The lowest BCUT2D eigenvalue weighted by molar-refractivity contribution is 0.897. The molecule has 2 heterocycles. The first-order valence-corrected chi connectivity index (χ1v) is 6.42. The second-order valence-electron chi connectivity index (χ2n) is 4.67. The molecule has 0 aliphatic rings. The van der Waals surface area contributed by atoms with Gasteiger partial charge in [-0.05, 0) is 13.0 Å². The molecule has 0 saturated carbocycles. The predicted molar refractivity (Wildman–Crippen MR) is 81.5 cm³/mol. The standard InChI is InChI=1S/C14H14N6O/c1-9-13(21)16-14(19-17-9)18-15-7-10-8-20(2)12-6-4-3-5-11(10)12/h3-8H,1-2H3,(H2,16,18,19,21)/b15-7+. The molecule has 0 atom stereocenters. The molecule has 0 saturated heterocycles. The maximum atomic E-state index is 11.4. The van der Waals surface area contributed by atoms with Gasteiger partial charge in [-0.3, -0.25) is 9.78 Å². The van der Waals surface area contributed by atoms with Crippen molar-refractivity contribution in [3.63, 3.8) is 0 Å². The van der Waals surface area contributed by atoms with Gasteiger partial charge in [0.15, 0.2) is 0 Å². The third kappa shape index (κ3) is 2.53. The lowest BCUT2D eigenvalue weighted by Crippen LogP contribution is -2.15. The zero-order chi connectivity index (χ0) is 14.8. The number of nitrogens with zero attached hydrogens (tertiary/aromatic N) is 4. The van der Waals surface area contributed by atoms with Crippen molar-refractivity contribution in [3.05, 3.63) is 52.1 Å². The van der Waals surface area contributed by atoms with Crippen LogP contribution in [0.15, 0.2) is 40.4 Å². The normalized spacial score (nSPS) is 11.3. The van der Waals surface area contributed by atoms with Crippen LogP contribution in [0, 0.1) is 6.92 Å². The van der Waals surface area contributed by atoms with E-state index in [-0.39, 0.29) is 11.5 Å². The summed E-state index contributed by atoms with van der Waals surface area (Å²) in [5, 5.41) is 12.7. The zero-order valence-electron chi connectivity index (χ0n) is 11.7. The fourth-order valence-corrected chi connectivity index (χ4v) is 2.08. The molecule has 1 aromatic carbocycles. The van der Waals surface area contributed by atoms with Crippen LogP contribution in [-0.2, 0) is 7.05 Å². The van der Waals surface area contributed by atoms with E-state index < -0.39 is 0 Å². The van der Waals surface area contributed by atoms with Crippen molar-refractivity contribution in [2.75, 3.05) is 5.43 Å². The van der Waals surface area contributed by atoms with Crippen molar-refractivity contribution in [3.8, 4) is 0 Å². The summed E-state index contributed by atoms with van der Waals surface area (Å²) in [4.78, 5) is 13.9. The summed E-state index contributed by atoms with van der Waals surface area (Å²) < 4.78 is 2.03. The summed E-state index contributed by atoms with van der Waals surface area (Å²) in [5.74, 6) is 0.210. The largest absolute Gasteiger partial charge is 0.350 e. The van der Waals surface area contributed by atoms with Crippen LogP contribution in [0.1, 0.15) is 11.3 Å². The summed E-state index contributed by atoms with van der Waals surface area (Å²) in [7, 11) is 1.98. The number of aryl methyl sites for hydroxylation is 2. The van der Waals surface area contributed by atoms with Gasteiger partial charge in [0.2, 0.25) is 5.95 Å². The van der Waals surface area contributed by atoms with Gasteiger partial charge in [0.25, 0.3) is 5.56 Å². The summed E-state index contributed by atoms with van der Waals surface area (Å²) in [6, 6.07) is 8.05. The minimum absolute atomic E-state index is 0.210. The van der Waals surface area contributed by atoms with Gasteiger partial charge < -0.3 is 4.57 Å². The Balaban J connectivity index is 1.85. The Kier molecular flexibility index (Phi) is 3.23. The number of rotatable bonds is 3. The number of nitrogens with one attached hydrogen (secondary N) is 2. The van der Waals surface area contributed by atoms with Crippen LogP contribution < -0.4 is 11.0 Å². The molecule has 3 aromatic rings. The second kappa shape index (κ2) is 5.20. The van der Waals surface area contributed by atoms with Crippen molar-refractivity contribution in [1.29, 1.82) is 0 Å². The molecule has 0 unspecified atom stereocenters. The van der Waals surface area contributed by atoms with Gasteiger partial charge in [-0.2, -0.15) is 5.10 Å². The third-order valence-corrected chi connectivity index (χ3v) is 3.16. The molecular weight excluding hydrogens is 268 g/mol. The Bertz CT molecular complexity index is 877. The van der Waals surface area contributed by atoms with Crippen molar-refractivity contribution >= 4 is 23.1 Å². The number of fused-ring (bicyclic) bond motifs is 1. The van der Waals surface area contributed by atoms with Crippen molar-refractivity contribution in [2.45, 2.75) is 6.92 Å². The van der Waals surface area contributed by atoms with E-state index in [1.807, 2.05) is 42.1 Å². The van der Waals surface area contributed by atoms with Crippen molar-refractivity contribution < 1.29 is 0 Å². The Hall–Kier alpha value is -2.96. The summed E-state index contributed by atoms with van der Waals surface area (Å²) in [5.41, 5.74) is 4.80. The van der Waals surface area contributed by atoms with Crippen LogP contribution in [0.3, 0.4) is 0 Å². The number of H-pyrrole nitrogens is 1. The summed E-state index contributed by atoms with van der Waals surface area (Å²) in [6.07, 6.45) is 3.67. The molecule has 0 aliphatic heterocycles. The van der Waals surface area contributed by atoms with Crippen LogP contribution in [-0.4, -0.2) is 26.0 Å². The summed E-state index contributed by atoms with van der Waals surface area (Å²) >= 11 is 0. The Morgan fingerprint density at radius 2 is 2.14 bits per heavy atom. The first-order valence-electron chi connectivity index (χ1n) is 6.42. The molecular formula is C14H14N6O. The fraction of sp³-hybridized carbons (Fsp3) is 0.143. The number of para-hydroxylation sites is 1. The van der Waals surface area contributed by atoms with Gasteiger partial charge in [0.05, 0.1) is 6.21 Å². The highest BCUT2D eigenvalue weighted by atomic mass is 16.1. The van der Waals surface area contributed by atoms with E-state index in [0.29, 0.717) is 5.69 Å². The molecule has 0 aliphatic carbocycles. The molecule has 0 amide bonds. The SMILES string of the molecule is Cc1nnc(N/N=C/c2cn(C)c3ccccc23)[nH]c1=O. The number of hydrazone groups is 1. The molecule has 7 heteroatoms. The average Bonchev–Trinajstić information content (AvgIpc) is 2.80. The highest BCUT2D eigenvalue weighted by Crippen LogP contribution is 2.18. The topological polar surface area (TPSA) is 88.0 Å². The van der Waals surface area contributed by atoms with E-state index in [2.05, 4.69) is 25.7 Å². The lowest BCUT2D eigenvalue weighted by Gasteiger charge is -1.97. The van der Waals surface area contributed by atoms with E-state index >= 15 is 0 Å². The van der Waals surface area contributed by atoms with Crippen LogP contribution in [0.5, 0.6) is 0 Å². The Morgan fingerprint density at radius 3 is 2.95 bits per heavy atom. The van der Waals surface area contributed by atoms with Crippen LogP contribution in [0.2, 0.25) is 0 Å². The molecule has 3 rings (SSSR count). The molecule has 0 radical (unpaired) electrons. The molecule has 7 nitrogen and oxygen atoms in total. The molecule has 0 bridgehead atoms. The van der Waals surface area contributed by atoms with E-state index in [4.69, 9.17) is 0 Å². The molecule has 106 valence electrons. The number of aromatic amines is 1. The van der Waals surface area contributed by atoms with Crippen molar-refractivity contribution in [2.24, 2.45) is 12.1 Å². The Morgan fingerprint density at radius 1 is 1.33 bits per heavy atom. The summed E-state index contributed by atoms with van der Waals surface area (Å²) in [6.45, 7) is 1.59. The minimum Gasteiger partial charge on any atom is -0.350 e. The van der Waals surface area contributed by atoms with Gasteiger partial charge in [0.1, 0.15) is 5.69 Å². The smallest absolute Gasteiger partial charge is 0.274 e. The minimum atomic E-state index is -0.284. The van der Waals surface area contributed by atoms with Gasteiger partial charge >= 0.3 is 0 Å². The number of anilines is 1. The molecule has 2 aromatic heterocycles. The van der Waals surface area contributed by atoms with Crippen LogP contribution >= 0.6 is 0 Å². The molecule has 0 spiro atoms. The maximum Gasteiger partial charge on any atom is 0.274 e. The molecule has 21 heavy (non-hydrogen) atoms. The first-order chi connectivity index (χ1) is 10.1. The number of aromatic nitrogens is 4.